The summed E-state index contributed by atoms with van der Waals surface area (Å²) in [6, 6.07) is 1.56. The lowest BCUT2D eigenvalue weighted by Gasteiger charge is -2.19. The maximum Gasteiger partial charge on any atom is 0.244 e. The molecule has 0 unspecified atom stereocenters. The molecular formula is C11H19ClN2O3S. The summed E-state index contributed by atoms with van der Waals surface area (Å²) in [5.41, 5.74) is 0.691. The van der Waals surface area contributed by atoms with Crippen LogP contribution in [0.2, 0.25) is 0 Å². The summed E-state index contributed by atoms with van der Waals surface area (Å²) in [6.45, 7) is 5.43. The summed E-state index contributed by atoms with van der Waals surface area (Å²) in [5, 5.41) is 0. The topological polar surface area (TPSA) is 62.4 Å². The zero-order valence-corrected chi connectivity index (χ0v) is 12.2. The van der Waals surface area contributed by atoms with Gasteiger partial charge in [-0.1, -0.05) is 6.92 Å². The van der Waals surface area contributed by atoms with Gasteiger partial charge >= 0.3 is 0 Å². The molecule has 0 fully saturated rings. The van der Waals surface area contributed by atoms with Gasteiger partial charge in [-0.25, -0.2) is 8.42 Å². The zero-order chi connectivity index (χ0) is 13.6. The SMILES string of the molecule is CCOCCN(CC)S(=O)(=O)c1c[nH]c(CCl)c1. The maximum absolute atomic E-state index is 12.3. The number of rotatable bonds is 8. The Hall–Kier alpha value is -0.560. The van der Waals surface area contributed by atoms with Crippen LogP contribution in [-0.2, 0) is 20.6 Å². The second-order valence-electron chi connectivity index (χ2n) is 3.69. The standard InChI is InChI=1S/C11H19ClN2O3S/c1-3-14(5-6-17-4-2)18(15,16)11-7-10(8-12)13-9-11/h7,9,13H,3-6,8H2,1-2H3. The summed E-state index contributed by atoms with van der Waals surface area (Å²) in [6.07, 6.45) is 1.47. The van der Waals surface area contributed by atoms with Gasteiger partial charge in [0.15, 0.2) is 0 Å². The largest absolute Gasteiger partial charge is 0.380 e. The van der Waals surface area contributed by atoms with Crippen LogP contribution in [-0.4, -0.2) is 44.0 Å². The number of alkyl halides is 1. The number of halogens is 1. The van der Waals surface area contributed by atoms with Crippen LogP contribution >= 0.6 is 11.6 Å². The lowest BCUT2D eigenvalue weighted by molar-refractivity contribution is 0.135. The maximum atomic E-state index is 12.3. The summed E-state index contributed by atoms with van der Waals surface area (Å²) >= 11 is 5.65. The minimum Gasteiger partial charge on any atom is -0.380 e. The summed E-state index contributed by atoms with van der Waals surface area (Å²) in [4.78, 5) is 3.09. The molecule has 1 aromatic rings. The third-order valence-corrected chi connectivity index (χ3v) is 4.78. The van der Waals surface area contributed by atoms with E-state index in [1.165, 1.54) is 10.5 Å². The molecule has 1 heterocycles. The fourth-order valence-corrected chi connectivity index (χ4v) is 3.16. The van der Waals surface area contributed by atoms with Crippen LogP contribution in [0.25, 0.3) is 0 Å². The van der Waals surface area contributed by atoms with Crippen molar-refractivity contribution in [1.29, 1.82) is 0 Å². The molecule has 7 heteroatoms. The van der Waals surface area contributed by atoms with Gasteiger partial charge in [-0.05, 0) is 13.0 Å². The molecule has 1 rings (SSSR count). The fourth-order valence-electron chi connectivity index (χ4n) is 1.55. The van der Waals surface area contributed by atoms with Crippen LogP contribution in [0.3, 0.4) is 0 Å². The number of nitrogens with zero attached hydrogens (tertiary/aromatic N) is 1. The monoisotopic (exact) mass is 294 g/mol. The van der Waals surface area contributed by atoms with E-state index in [0.717, 1.165) is 0 Å². The highest BCUT2D eigenvalue weighted by molar-refractivity contribution is 7.89. The van der Waals surface area contributed by atoms with Gasteiger partial charge in [-0.15, -0.1) is 11.6 Å². The average molecular weight is 295 g/mol. The van der Waals surface area contributed by atoms with Crippen molar-refractivity contribution in [2.45, 2.75) is 24.6 Å². The lowest BCUT2D eigenvalue weighted by Crippen LogP contribution is -2.33. The van der Waals surface area contributed by atoms with E-state index in [1.54, 1.807) is 13.0 Å². The molecule has 104 valence electrons. The number of aromatic amines is 1. The number of nitrogens with one attached hydrogen (secondary N) is 1. The first-order valence-electron chi connectivity index (χ1n) is 5.87. The molecule has 0 amide bonds. The van der Waals surface area contributed by atoms with Crippen LogP contribution in [0.1, 0.15) is 19.5 Å². The number of ether oxygens (including phenoxy) is 1. The molecule has 0 aliphatic heterocycles. The van der Waals surface area contributed by atoms with Crippen LogP contribution in [0.5, 0.6) is 0 Å². The molecule has 5 nitrogen and oxygen atoms in total. The van der Waals surface area contributed by atoms with Gasteiger partial charge in [-0.2, -0.15) is 4.31 Å². The van der Waals surface area contributed by atoms with Crippen molar-refractivity contribution in [2.24, 2.45) is 0 Å². The van der Waals surface area contributed by atoms with Crippen molar-refractivity contribution in [1.82, 2.24) is 9.29 Å². The van der Waals surface area contributed by atoms with Gasteiger partial charge in [-0.3, -0.25) is 0 Å². The minimum absolute atomic E-state index is 0.247. The Balaban J connectivity index is 2.82. The van der Waals surface area contributed by atoms with Crippen LogP contribution in [0, 0.1) is 0 Å². The molecule has 0 saturated heterocycles. The first-order valence-corrected chi connectivity index (χ1v) is 7.84. The Morgan fingerprint density at radius 1 is 1.44 bits per heavy atom. The van der Waals surface area contributed by atoms with Crippen molar-refractivity contribution in [3.8, 4) is 0 Å². The van der Waals surface area contributed by atoms with Crippen molar-refractivity contribution >= 4 is 21.6 Å². The van der Waals surface area contributed by atoms with Gasteiger partial charge < -0.3 is 9.72 Å². The second-order valence-corrected chi connectivity index (χ2v) is 5.89. The lowest BCUT2D eigenvalue weighted by atomic mass is 10.5. The van der Waals surface area contributed by atoms with E-state index in [1.807, 2.05) is 6.92 Å². The van der Waals surface area contributed by atoms with E-state index in [0.29, 0.717) is 32.0 Å². The molecule has 0 bridgehead atoms. The molecule has 0 spiro atoms. The molecule has 0 aromatic carbocycles. The second kappa shape index (κ2) is 7.13. The number of likely N-dealkylation sites (N-methyl/N-ethyl adjacent to an activating group) is 1. The molecule has 0 aliphatic carbocycles. The van der Waals surface area contributed by atoms with E-state index in [2.05, 4.69) is 4.98 Å². The van der Waals surface area contributed by atoms with Gasteiger partial charge in [0.25, 0.3) is 0 Å². The molecule has 1 N–H and O–H groups in total. The average Bonchev–Trinajstić information content (AvgIpc) is 2.83. The van der Waals surface area contributed by atoms with Crippen LogP contribution in [0.15, 0.2) is 17.2 Å². The van der Waals surface area contributed by atoms with Crippen molar-refractivity contribution in [3.05, 3.63) is 18.0 Å². The number of aromatic nitrogens is 1. The van der Waals surface area contributed by atoms with Crippen LogP contribution in [0.4, 0.5) is 0 Å². The van der Waals surface area contributed by atoms with Gasteiger partial charge in [0.05, 0.1) is 17.4 Å². The van der Waals surface area contributed by atoms with E-state index < -0.39 is 10.0 Å². The number of hydrogen-bond donors (Lipinski definition) is 1. The van der Waals surface area contributed by atoms with Gasteiger partial charge in [0.2, 0.25) is 10.0 Å². The van der Waals surface area contributed by atoms with Crippen molar-refractivity contribution in [3.63, 3.8) is 0 Å². The van der Waals surface area contributed by atoms with Crippen molar-refractivity contribution in [2.75, 3.05) is 26.3 Å². The highest BCUT2D eigenvalue weighted by Gasteiger charge is 2.23. The quantitative estimate of drug-likeness (QED) is 0.587. The molecular weight excluding hydrogens is 276 g/mol. The van der Waals surface area contributed by atoms with E-state index in [4.69, 9.17) is 16.3 Å². The number of H-pyrrole nitrogens is 1. The predicted molar refractivity (Wildman–Crippen MR) is 71.3 cm³/mol. The highest BCUT2D eigenvalue weighted by atomic mass is 35.5. The van der Waals surface area contributed by atoms with Crippen molar-refractivity contribution < 1.29 is 13.2 Å². The van der Waals surface area contributed by atoms with E-state index in [-0.39, 0.29) is 10.8 Å². The third-order valence-electron chi connectivity index (χ3n) is 2.54. The minimum atomic E-state index is -3.46. The van der Waals surface area contributed by atoms with E-state index in [9.17, 15) is 8.42 Å². The van der Waals surface area contributed by atoms with Gasteiger partial charge in [0, 0.05) is 31.6 Å². The first-order chi connectivity index (χ1) is 8.56. The molecule has 18 heavy (non-hydrogen) atoms. The molecule has 0 aliphatic rings. The summed E-state index contributed by atoms with van der Waals surface area (Å²) in [7, 11) is -3.46. The molecule has 0 saturated carbocycles. The Morgan fingerprint density at radius 2 is 2.17 bits per heavy atom. The third kappa shape index (κ3) is 3.71. The number of hydrogen-bond acceptors (Lipinski definition) is 3. The summed E-state index contributed by atoms with van der Waals surface area (Å²) in [5.74, 6) is 0.264. The first kappa shape index (κ1) is 15.5. The normalized spacial score (nSPS) is 12.2. The van der Waals surface area contributed by atoms with Crippen LogP contribution < -0.4 is 0 Å². The zero-order valence-electron chi connectivity index (χ0n) is 10.6. The smallest absolute Gasteiger partial charge is 0.244 e. The molecule has 0 radical (unpaired) electrons. The predicted octanol–water partition coefficient (Wildman–Crippen LogP) is 1.80. The number of sulfonamides is 1. The van der Waals surface area contributed by atoms with E-state index >= 15 is 0 Å². The molecule has 0 atom stereocenters. The Kier molecular flexibility index (Phi) is 6.14. The fraction of sp³-hybridized carbons (Fsp3) is 0.636. The highest BCUT2D eigenvalue weighted by Crippen LogP contribution is 2.17. The molecule has 1 aromatic heterocycles. The Bertz CT molecular complexity index is 459. The Labute approximate surface area is 113 Å². The van der Waals surface area contributed by atoms with Gasteiger partial charge in [0.1, 0.15) is 0 Å². The Morgan fingerprint density at radius 3 is 2.67 bits per heavy atom. The summed E-state index contributed by atoms with van der Waals surface area (Å²) < 4.78 is 31.2.